The van der Waals surface area contributed by atoms with E-state index in [0.717, 1.165) is 29.8 Å². The van der Waals surface area contributed by atoms with Crippen LogP contribution in [0.2, 0.25) is 0 Å². The van der Waals surface area contributed by atoms with E-state index < -0.39 is 11.6 Å². The predicted octanol–water partition coefficient (Wildman–Crippen LogP) is 2.44. The Morgan fingerprint density at radius 3 is 2.78 bits per heavy atom. The third-order valence-corrected chi connectivity index (χ3v) is 5.88. The second-order valence-corrected chi connectivity index (χ2v) is 7.90. The number of ether oxygens (including phenoxy) is 1. The van der Waals surface area contributed by atoms with Gasteiger partial charge in [-0.05, 0) is 25.0 Å². The van der Waals surface area contributed by atoms with Crippen molar-refractivity contribution < 1.29 is 23.1 Å². The van der Waals surface area contributed by atoms with Crippen molar-refractivity contribution in [1.29, 1.82) is 0 Å². The zero-order valence-electron chi connectivity index (χ0n) is 18.0. The first kappa shape index (κ1) is 21.9. The van der Waals surface area contributed by atoms with Crippen LogP contribution in [0.15, 0.2) is 18.2 Å². The second kappa shape index (κ2) is 9.05. The van der Waals surface area contributed by atoms with Crippen LogP contribution in [-0.4, -0.2) is 58.3 Å². The highest BCUT2D eigenvalue weighted by Gasteiger charge is 2.34. The molecule has 1 aromatic heterocycles. The fourth-order valence-electron chi connectivity index (χ4n) is 4.21. The lowest BCUT2D eigenvalue weighted by Gasteiger charge is -2.30. The van der Waals surface area contributed by atoms with Crippen LogP contribution in [0.5, 0.6) is 5.75 Å². The summed E-state index contributed by atoms with van der Waals surface area (Å²) in [7, 11) is 1.77. The SMILES string of the molecule is CNc1nc([C@H]2CCCN2C(=O)COc2ccc(F)cc2F)nc2c1CN(C(C)=O)CC2. The van der Waals surface area contributed by atoms with E-state index in [2.05, 4.69) is 10.3 Å². The first-order chi connectivity index (χ1) is 15.4. The number of fused-ring (bicyclic) bond motifs is 1. The van der Waals surface area contributed by atoms with Gasteiger partial charge in [0.05, 0.1) is 18.3 Å². The zero-order valence-corrected chi connectivity index (χ0v) is 18.0. The molecule has 1 N–H and O–H groups in total. The molecule has 0 unspecified atom stereocenters. The van der Waals surface area contributed by atoms with Crippen LogP contribution in [0.25, 0.3) is 0 Å². The molecule has 2 amide bonds. The van der Waals surface area contributed by atoms with Crippen LogP contribution < -0.4 is 10.1 Å². The third-order valence-electron chi connectivity index (χ3n) is 5.88. The number of anilines is 1. The van der Waals surface area contributed by atoms with E-state index in [0.29, 0.717) is 50.2 Å². The lowest BCUT2D eigenvalue weighted by Crippen LogP contribution is -2.37. The molecule has 1 aromatic carbocycles. The van der Waals surface area contributed by atoms with Crippen LogP contribution in [0.3, 0.4) is 0 Å². The van der Waals surface area contributed by atoms with Crippen molar-refractivity contribution in [2.45, 2.75) is 38.8 Å². The third kappa shape index (κ3) is 4.35. The number of hydrogen-bond donors (Lipinski definition) is 1. The largest absolute Gasteiger partial charge is 0.481 e. The summed E-state index contributed by atoms with van der Waals surface area (Å²) in [6.45, 7) is 2.74. The number of nitrogens with zero attached hydrogens (tertiary/aromatic N) is 4. The molecule has 0 radical (unpaired) electrons. The van der Waals surface area contributed by atoms with Crippen molar-refractivity contribution in [1.82, 2.24) is 19.8 Å². The smallest absolute Gasteiger partial charge is 0.261 e. The summed E-state index contributed by atoms with van der Waals surface area (Å²) in [6.07, 6.45) is 2.11. The molecule has 170 valence electrons. The maximum absolute atomic E-state index is 13.8. The number of carbonyl (C=O) groups is 2. The van der Waals surface area contributed by atoms with Crippen molar-refractivity contribution >= 4 is 17.6 Å². The van der Waals surface area contributed by atoms with E-state index in [9.17, 15) is 18.4 Å². The molecule has 2 aliphatic heterocycles. The van der Waals surface area contributed by atoms with Gasteiger partial charge in [0, 0.05) is 45.1 Å². The average molecular weight is 445 g/mol. The van der Waals surface area contributed by atoms with Gasteiger partial charge in [-0.15, -0.1) is 0 Å². The van der Waals surface area contributed by atoms with E-state index in [1.807, 2.05) is 0 Å². The number of nitrogens with one attached hydrogen (secondary N) is 1. The highest BCUT2D eigenvalue weighted by molar-refractivity contribution is 5.78. The van der Waals surface area contributed by atoms with Crippen molar-refractivity contribution in [3.63, 3.8) is 0 Å². The number of halogens is 2. The van der Waals surface area contributed by atoms with Gasteiger partial charge in [-0.1, -0.05) is 0 Å². The zero-order chi connectivity index (χ0) is 22.8. The normalized spacial score (nSPS) is 17.8. The number of benzene rings is 1. The highest BCUT2D eigenvalue weighted by Crippen LogP contribution is 2.33. The molecule has 3 heterocycles. The van der Waals surface area contributed by atoms with Gasteiger partial charge in [0.25, 0.3) is 5.91 Å². The Balaban J connectivity index is 1.51. The van der Waals surface area contributed by atoms with Gasteiger partial charge in [0.1, 0.15) is 11.6 Å². The maximum Gasteiger partial charge on any atom is 0.261 e. The molecule has 32 heavy (non-hydrogen) atoms. The van der Waals surface area contributed by atoms with E-state index in [4.69, 9.17) is 9.72 Å². The number of carbonyl (C=O) groups excluding carboxylic acids is 2. The summed E-state index contributed by atoms with van der Waals surface area (Å²) in [5, 5.41) is 3.09. The quantitative estimate of drug-likeness (QED) is 0.761. The molecule has 0 aliphatic carbocycles. The molecular weight excluding hydrogens is 420 g/mol. The van der Waals surface area contributed by atoms with Crippen molar-refractivity contribution in [3.05, 3.63) is 46.9 Å². The molecular formula is C22H25F2N5O3. The Bertz CT molecular complexity index is 1030. The van der Waals surface area contributed by atoms with Crippen molar-refractivity contribution in [2.75, 3.05) is 32.1 Å². The molecule has 1 saturated heterocycles. The first-order valence-corrected chi connectivity index (χ1v) is 10.6. The van der Waals surface area contributed by atoms with Crippen molar-refractivity contribution in [2.24, 2.45) is 0 Å². The molecule has 1 atom stereocenters. The summed E-state index contributed by atoms with van der Waals surface area (Å²) in [5.74, 6) is -0.849. The van der Waals surface area contributed by atoms with Crippen LogP contribution in [-0.2, 0) is 22.6 Å². The highest BCUT2D eigenvalue weighted by atomic mass is 19.1. The second-order valence-electron chi connectivity index (χ2n) is 7.90. The van der Waals surface area contributed by atoms with Gasteiger partial charge in [0.15, 0.2) is 24.0 Å². The van der Waals surface area contributed by atoms with Gasteiger partial charge in [0.2, 0.25) is 5.91 Å². The molecule has 0 saturated carbocycles. The molecule has 8 nitrogen and oxygen atoms in total. The van der Waals surface area contributed by atoms with Crippen LogP contribution in [0.4, 0.5) is 14.6 Å². The van der Waals surface area contributed by atoms with E-state index in [1.165, 1.54) is 0 Å². The maximum atomic E-state index is 13.8. The summed E-state index contributed by atoms with van der Waals surface area (Å²) in [6, 6.07) is 2.64. The van der Waals surface area contributed by atoms with Gasteiger partial charge in [-0.3, -0.25) is 9.59 Å². The fraction of sp³-hybridized carbons (Fsp3) is 0.455. The van der Waals surface area contributed by atoms with Crippen LogP contribution in [0.1, 0.15) is 42.9 Å². The fourth-order valence-corrected chi connectivity index (χ4v) is 4.21. The van der Waals surface area contributed by atoms with E-state index in [-0.39, 0.29) is 30.2 Å². The molecule has 2 aliphatic rings. The monoisotopic (exact) mass is 445 g/mol. The average Bonchev–Trinajstić information content (AvgIpc) is 3.27. The molecule has 0 spiro atoms. The minimum absolute atomic E-state index is 0.00642. The topological polar surface area (TPSA) is 87.7 Å². The Morgan fingerprint density at radius 2 is 2.06 bits per heavy atom. The van der Waals surface area contributed by atoms with Gasteiger partial charge in [-0.25, -0.2) is 18.7 Å². The Morgan fingerprint density at radius 1 is 1.25 bits per heavy atom. The molecule has 1 fully saturated rings. The molecule has 0 bridgehead atoms. The Labute approximate surface area is 184 Å². The summed E-state index contributed by atoms with van der Waals surface area (Å²) in [5.41, 5.74) is 1.77. The standard InChI is InChI=1S/C22H25F2N5O3/c1-13(30)28-9-7-17-15(11-28)21(25-2)27-22(26-17)18-4-3-8-29(18)20(31)12-32-19-6-5-14(23)10-16(19)24/h5-6,10,18H,3-4,7-9,11-12H2,1-2H3,(H,25,26,27)/t18-/m1/s1. The van der Waals surface area contributed by atoms with Gasteiger partial charge < -0.3 is 19.9 Å². The van der Waals surface area contributed by atoms with Crippen LogP contribution >= 0.6 is 0 Å². The Kier molecular flexibility index (Phi) is 6.20. The van der Waals surface area contributed by atoms with Crippen molar-refractivity contribution in [3.8, 4) is 5.75 Å². The first-order valence-electron chi connectivity index (χ1n) is 10.6. The minimum atomic E-state index is -0.855. The summed E-state index contributed by atoms with van der Waals surface area (Å²) < 4.78 is 32.2. The lowest BCUT2D eigenvalue weighted by atomic mass is 10.0. The number of rotatable bonds is 5. The van der Waals surface area contributed by atoms with E-state index in [1.54, 1.807) is 23.8 Å². The van der Waals surface area contributed by atoms with Gasteiger partial charge in [-0.2, -0.15) is 0 Å². The van der Waals surface area contributed by atoms with Gasteiger partial charge >= 0.3 is 0 Å². The molecule has 2 aromatic rings. The van der Waals surface area contributed by atoms with Crippen LogP contribution in [0, 0.1) is 11.6 Å². The summed E-state index contributed by atoms with van der Waals surface area (Å²) in [4.78, 5) is 37.4. The molecule has 10 heteroatoms. The lowest BCUT2D eigenvalue weighted by molar-refractivity contribution is -0.134. The predicted molar refractivity (Wildman–Crippen MR) is 112 cm³/mol. The molecule has 4 rings (SSSR count). The number of hydrogen-bond acceptors (Lipinski definition) is 6. The van der Waals surface area contributed by atoms with E-state index >= 15 is 0 Å². The minimum Gasteiger partial charge on any atom is -0.481 e. The Hall–Kier alpha value is -3.30. The number of aromatic nitrogens is 2. The number of likely N-dealkylation sites (tertiary alicyclic amines) is 1. The number of amides is 2. The summed E-state index contributed by atoms with van der Waals surface area (Å²) >= 11 is 0.